The van der Waals surface area contributed by atoms with Gasteiger partial charge in [-0.1, -0.05) is 12.1 Å². The van der Waals surface area contributed by atoms with Crippen molar-refractivity contribution >= 4 is 33.3 Å². The minimum Gasteiger partial charge on any atom is -0.478 e. The summed E-state index contributed by atoms with van der Waals surface area (Å²) in [6.07, 6.45) is 1.63. The van der Waals surface area contributed by atoms with Gasteiger partial charge in [-0.25, -0.2) is 13.2 Å². The van der Waals surface area contributed by atoms with Gasteiger partial charge >= 0.3 is 5.97 Å². The van der Waals surface area contributed by atoms with Crippen molar-refractivity contribution in [2.75, 3.05) is 10.6 Å². The van der Waals surface area contributed by atoms with Crippen LogP contribution in [0.3, 0.4) is 0 Å². The van der Waals surface area contributed by atoms with E-state index < -0.39 is 16.0 Å². The Hall–Kier alpha value is -2.05. The van der Waals surface area contributed by atoms with Crippen LogP contribution in [-0.4, -0.2) is 25.4 Å². The second-order valence-corrected chi connectivity index (χ2v) is 6.98. The molecule has 0 amide bonds. The van der Waals surface area contributed by atoms with Crippen LogP contribution in [-0.2, 0) is 16.4 Å². The molecular weight excluding hydrogens is 338 g/mol. The molecule has 2 rings (SSSR count). The molecule has 0 radical (unpaired) electrons. The minimum atomic E-state index is -3.71. The second-order valence-electron chi connectivity index (χ2n) is 4.92. The van der Waals surface area contributed by atoms with Crippen molar-refractivity contribution < 1.29 is 18.3 Å². The Kier molecular flexibility index (Phi) is 5.63. The Morgan fingerprint density at radius 1 is 1.04 bits per heavy atom. The van der Waals surface area contributed by atoms with E-state index >= 15 is 0 Å². The third-order valence-electron chi connectivity index (χ3n) is 3.22. The molecule has 122 valence electrons. The zero-order chi connectivity index (χ0) is 16.9. The fourth-order valence-electron chi connectivity index (χ4n) is 2.00. The Morgan fingerprint density at radius 3 is 2.17 bits per heavy atom. The zero-order valence-electron chi connectivity index (χ0n) is 12.2. The quantitative estimate of drug-likeness (QED) is 0.747. The number of anilines is 1. The number of rotatable bonds is 7. The summed E-state index contributed by atoms with van der Waals surface area (Å²) in [5.41, 5.74) is 1.42. The van der Waals surface area contributed by atoms with Crippen molar-refractivity contribution in [1.82, 2.24) is 0 Å². The molecule has 0 bridgehead atoms. The third kappa shape index (κ3) is 4.71. The van der Waals surface area contributed by atoms with Crippen molar-refractivity contribution in [2.24, 2.45) is 0 Å². The van der Waals surface area contributed by atoms with Crippen LogP contribution >= 0.6 is 11.6 Å². The predicted molar refractivity (Wildman–Crippen MR) is 89.7 cm³/mol. The molecule has 0 atom stereocenters. The monoisotopic (exact) mass is 353 g/mol. The number of hydrogen-bond acceptors (Lipinski definition) is 3. The number of sulfonamides is 1. The lowest BCUT2D eigenvalue weighted by Crippen LogP contribution is -2.13. The Labute approximate surface area is 140 Å². The van der Waals surface area contributed by atoms with Gasteiger partial charge in [-0.3, -0.25) is 4.72 Å². The number of alkyl halides is 1. The van der Waals surface area contributed by atoms with Gasteiger partial charge in [0.1, 0.15) is 0 Å². The number of aryl methyl sites for hydroxylation is 1. The summed E-state index contributed by atoms with van der Waals surface area (Å²) >= 11 is 5.63. The normalized spacial score (nSPS) is 11.2. The number of carbonyl (C=O) groups is 1. The molecule has 0 spiro atoms. The average Bonchev–Trinajstić information content (AvgIpc) is 2.53. The van der Waals surface area contributed by atoms with Gasteiger partial charge in [0.25, 0.3) is 10.0 Å². The van der Waals surface area contributed by atoms with Crippen LogP contribution in [0.25, 0.3) is 0 Å². The number of aromatic carboxylic acids is 1. The van der Waals surface area contributed by atoms with Crippen molar-refractivity contribution in [3.05, 3.63) is 59.7 Å². The van der Waals surface area contributed by atoms with Gasteiger partial charge < -0.3 is 5.11 Å². The molecule has 5 nitrogen and oxygen atoms in total. The highest BCUT2D eigenvalue weighted by Gasteiger charge is 2.14. The molecule has 0 aliphatic carbocycles. The van der Waals surface area contributed by atoms with Crippen LogP contribution in [0.4, 0.5) is 5.69 Å². The fourth-order valence-corrected chi connectivity index (χ4v) is 3.19. The maximum Gasteiger partial charge on any atom is 0.335 e. The molecule has 0 aliphatic heterocycles. The summed E-state index contributed by atoms with van der Waals surface area (Å²) in [6.45, 7) is 0. The summed E-state index contributed by atoms with van der Waals surface area (Å²) in [6, 6.07) is 12.1. The topological polar surface area (TPSA) is 83.5 Å². The molecule has 2 N–H and O–H groups in total. The van der Waals surface area contributed by atoms with Gasteiger partial charge in [-0.2, -0.15) is 0 Å². The van der Waals surface area contributed by atoms with E-state index in [9.17, 15) is 13.2 Å². The van der Waals surface area contributed by atoms with E-state index in [2.05, 4.69) is 4.72 Å². The van der Waals surface area contributed by atoms with Crippen LogP contribution < -0.4 is 4.72 Å². The predicted octanol–water partition coefficient (Wildman–Crippen LogP) is 3.36. The van der Waals surface area contributed by atoms with Crippen molar-refractivity contribution in [1.29, 1.82) is 0 Å². The van der Waals surface area contributed by atoms with Crippen LogP contribution in [0, 0.1) is 0 Å². The van der Waals surface area contributed by atoms with Crippen LogP contribution in [0.15, 0.2) is 53.4 Å². The van der Waals surface area contributed by atoms with Crippen LogP contribution in [0.5, 0.6) is 0 Å². The SMILES string of the molecule is O=C(O)c1ccc(NS(=O)(=O)c2ccc(CCCCl)cc2)cc1. The second kappa shape index (κ2) is 7.48. The summed E-state index contributed by atoms with van der Waals surface area (Å²) < 4.78 is 27.0. The number of carboxylic acid groups (broad SMARTS) is 1. The Morgan fingerprint density at radius 2 is 1.65 bits per heavy atom. The highest BCUT2D eigenvalue weighted by Crippen LogP contribution is 2.18. The molecule has 2 aromatic rings. The zero-order valence-corrected chi connectivity index (χ0v) is 13.8. The molecular formula is C16H16ClNO4S. The van der Waals surface area contributed by atoms with Gasteiger partial charge in [-0.05, 0) is 54.8 Å². The molecule has 0 saturated carbocycles. The van der Waals surface area contributed by atoms with E-state index in [4.69, 9.17) is 16.7 Å². The molecule has 7 heteroatoms. The number of nitrogens with one attached hydrogen (secondary N) is 1. The van der Waals surface area contributed by atoms with Crippen LogP contribution in [0.2, 0.25) is 0 Å². The largest absolute Gasteiger partial charge is 0.478 e. The minimum absolute atomic E-state index is 0.0941. The van der Waals surface area contributed by atoms with Gasteiger partial charge in [-0.15, -0.1) is 11.6 Å². The molecule has 0 unspecified atom stereocenters. The first-order valence-corrected chi connectivity index (χ1v) is 8.95. The van der Waals surface area contributed by atoms with E-state index in [1.165, 1.54) is 36.4 Å². The molecule has 0 fully saturated rings. The average molecular weight is 354 g/mol. The molecule has 0 aliphatic rings. The molecule has 0 aromatic heterocycles. The Bertz CT molecular complexity index is 771. The first-order chi connectivity index (χ1) is 10.9. The highest BCUT2D eigenvalue weighted by atomic mass is 35.5. The summed E-state index contributed by atoms with van der Waals surface area (Å²) in [7, 11) is -3.71. The van der Waals surface area contributed by atoms with E-state index in [0.29, 0.717) is 11.6 Å². The maximum absolute atomic E-state index is 12.3. The van der Waals surface area contributed by atoms with Crippen molar-refractivity contribution in [2.45, 2.75) is 17.7 Å². The highest BCUT2D eigenvalue weighted by molar-refractivity contribution is 7.92. The molecule has 0 heterocycles. The smallest absolute Gasteiger partial charge is 0.335 e. The number of hydrogen-bond donors (Lipinski definition) is 2. The Balaban J connectivity index is 2.13. The van der Waals surface area contributed by atoms with E-state index in [-0.39, 0.29) is 10.5 Å². The van der Waals surface area contributed by atoms with Gasteiger partial charge in [0.05, 0.1) is 10.5 Å². The lowest BCUT2D eigenvalue weighted by atomic mass is 10.1. The first kappa shape index (κ1) is 17.3. The number of halogens is 1. The van der Waals surface area contributed by atoms with Gasteiger partial charge in [0, 0.05) is 11.6 Å². The lowest BCUT2D eigenvalue weighted by molar-refractivity contribution is 0.0697. The molecule has 2 aromatic carbocycles. The first-order valence-electron chi connectivity index (χ1n) is 6.93. The van der Waals surface area contributed by atoms with Crippen molar-refractivity contribution in [3.63, 3.8) is 0 Å². The van der Waals surface area contributed by atoms with Crippen LogP contribution in [0.1, 0.15) is 22.3 Å². The standard InChI is InChI=1S/C16H16ClNO4S/c17-11-1-2-12-3-9-15(10-4-12)23(21,22)18-14-7-5-13(6-8-14)16(19)20/h3-10,18H,1-2,11H2,(H,19,20). The van der Waals surface area contributed by atoms with Gasteiger partial charge in [0.2, 0.25) is 0 Å². The summed E-state index contributed by atoms with van der Waals surface area (Å²) in [4.78, 5) is 10.9. The molecule has 23 heavy (non-hydrogen) atoms. The maximum atomic E-state index is 12.3. The molecule has 0 saturated heterocycles. The van der Waals surface area contributed by atoms with E-state index in [1.54, 1.807) is 12.1 Å². The van der Waals surface area contributed by atoms with Crippen molar-refractivity contribution in [3.8, 4) is 0 Å². The van der Waals surface area contributed by atoms with Gasteiger partial charge in [0.15, 0.2) is 0 Å². The van der Waals surface area contributed by atoms with E-state index in [0.717, 1.165) is 18.4 Å². The van der Waals surface area contributed by atoms with E-state index in [1.807, 2.05) is 0 Å². The number of carboxylic acids is 1. The third-order valence-corrected chi connectivity index (χ3v) is 4.88. The number of benzene rings is 2. The lowest BCUT2D eigenvalue weighted by Gasteiger charge is -2.09. The summed E-state index contributed by atoms with van der Waals surface area (Å²) in [5.74, 6) is -0.500. The fraction of sp³-hybridized carbons (Fsp3) is 0.188. The summed E-state index contributed by atoms with van der Waals surface area (Å²) in [5, 5.41) is 8.83.